The largest absolute Gasteiger partial charge is 0.511 e. The Hall–Kier alpha value is -4.09. The van der Waals surface area contributed by atoms with Gasteiger partial charge in [-0.3, -0.25) is 10.1 Å². The van der Waals surface area contributed by atoms with E-state index in [0.29, 0.717) is 6.07 Å². The molecule has 0 aliphatic carbocycles. The Bertz CT molecular complexity index is 1490. The van der Waals surface area contributed by atoms with Crippen LogP contribution in [0.5, 0.6) is 5.75 Å². The van der Waals surface area contributed by atoms with E-state index in [1.807, 2.05) is 0 Å². The summed E-state index contributed by atoms with van der Waals surface area (Å²) in [6, 6.07) is 2.22. The lowest BCUT2D eigenvalue weighted by Gasteiger charge is -2.42. The van der Waals surface area contributed by atoms with Crippen molar-refractivity contribution in [1.82, 2.24) is 4.57 Å². The first-order valence-electron chi connectivity index (χ1n) is 12.2. The van der Waals surface area contributed by atoms with Crippen LogP contribution < -0.4 is 9.30 Å². The Labute approximate surface area is 254 Å². The minimum absolute atomic E-state index is 0.421. The van der Waals surface area contributed by atoms with E-state index in [9.17, 15) is 89.5 Å². The quantitative estimate of drug-likeness (QED) is 0.0657. The summed E-state index contributed by atoms with van der Waals surface area (Å²) in [5.41, 5.74) is -1.13. The molecule has 272 valence electrons. The van der Waals surface area contributed by atoms with Crippen LogP contribution in [0.3, 0.4) is 0 Å². The van der Waals surface area contributed by atoms with Gasteiger partial charge in [0, 0.05) is 12.5 Å². The topological polar surface area (TPSA) is 87.5 Å². The Balaban J connectivity index is 2.21. The van der Waals surface area contributed by atoms with Crippen LogP contribution in [0.1, 0.15) is 18.4 Å². The molecule has 0 atom stereocenters. The lowest BCUT2D eigenvalue weighted by Crippen LogP contribution is -2.74. The fourth-order valence-corrected chi connectivity index (χ4v) is 3.56. The number of aromatic nitrogens is 2. The molecule has 1 heterocycles. The molecule has 0 saturated heterocycles. The van der Waals surface area contributed by atoms with E-state index < -0.39 is 102 Å². The number of rotatable bonds is 14. The molecular formula is C23H17F17N3O5+. The highest BCUT2D eigenvalue weighted by Gasteiger charge is 2.95. The fraction of sp³-hybridized carbons (Fsp3) is 0.565. The van der Waals surface area contributed by atoms with Crippen molar-refractivity contribution in [3.8, 4) is 5.75 Å². The molecule has 0 radical (unpaired) electrons. The summed E-state index contributed by atoms with van der Waals surface area (Å²) in [6.45, 7) is -2.10. The van der Waals surface area contributed by atoms with E-state index in [4.69, 9.17) is 9.47 Å². The lowest BCUT2D eigenvalue weighted by atomic mass is 9.88. The minimum atomic E-state index is -8.72. The number of aryl methyl sites for hydroxylation is 1. The zero-order valence-electron chi connectivity index (χ0n) is 23.1. The Morgan fingerprint density at radius 2 is 1.31 bits per heavy atom. The molecule has 0 aliphatic rings. The van der Waals surface area contributed by atoms with Crippen molar-refractivity contribution in [3.63, 3.8) is 0 Å². The SMILES string of the molecule is C[n+]1ccn(C(=O)OCc2cc(OCCCC(F)(F)C(F)(F)C(F)(F)C(F)(F)C(F)(F)C(F)(F)C(F)(F)C(F)(F)F)ccc2[N+](=O)[O-])c1. The first-order chi connectivity index (χ1) is 21.4. The van der Waals surface area contributed by atoms with Crippen molar-refractivity contribution >= 4 is 11.8 Å². The summed E-state index contributed by atoms with van der Waals surface area (Å²) >= 11 is 0. The third kappa shape index (κ3) is 6.75. The predicted molar refractivity (Wildman–Crippen MR) is 120 cm³/mol. The van der Waals surface area contributed by atoms with E-state index in [1.54, 1.807) is 0 Å². The zero-order valence-corrected chi connectivity index (χ0v) is 23.1. The van der Waals surface area contributed by atoms with Crippen LogP contribution in [0.15, 0.2) is 36.9 Å². The highest BCUT2D eigenvalue weighted by Crippen LogP contribution is 2.64. The Kier molecular flexibility index (Phi) is 10.6. The van der Waals surface area contributed by atoms with Gasteiger partial charge in [0.15, 0.2) is 0 Å². The van der Waals surface area contributed by atoms with Crippen LogP contribution in [0.2, 0.25) is 0 Å². The molecule has 0 N–H and O–H groups in total. The molecule has 25 heteroatoms. The molecule has 48 heavy (non-hydrogen) atoms. The first-order valence-corrected chi connectivity index (χ1v) is 12.2. The van der Waals surface area contributed by atoms with E-state index in [2.05, 4.69) is 0 Å². The fourth-order valence-electron chi connectivity index (χ4n) is 3.56. The molecule has 0 aliphatic heterocycles. The van der Waals surface area contributed by atoms with E-state index >= 15 is 0 Å². The number of imidazole rings is 1. The molecule has 1 aromatic carbocycles. The number of hydrogen-bond donors (Lipinski definition) is 0. The number of carbonyl (C=O) groups is 1. The summed E-state index contributed by atoms with van der Waals surface area (Å²) in [6.07, 6.45) is -9.35. The van der Waals surface area contributed by atoms with Crippen molar-refractivity contribution < 1.29 is 98.4 Å². The van der Waals surface area contributed by atoms with Crippen LogP contribution in [0, 0.1) is 10.1 Å². The van der Waals surface area contributed by atoms with Gasteiger partial charge in [-0.15, -0.1) is 4.57 Å². The Morgan fingerprint density at radius 1 is 0.812 bits per heavy atom. The molecule has 8 nitrogen and oxygen atoms in total. The van der Waals surface area contributed by atoms with Crippen molar-refractivity contribution in [2.75, 3.05) is 6.61 Å². The monoisotopic (exact) mass is 738 g/mol. The molecule has 0 unspecified atom stereocenters. The summed E-state index contributed by atoms with van der Waals surface area (Å²) in [7, 11) is 1.51. The normalized spacial score (nSPS) is 14.2. The van der Waals surface area contributed by atoms with E-state index in [0.717, 1.165) is 16.7 Å². The van der Waals surface area contributed by atoms with Gasteiger partial charge in [0.05, 0.1) is 24.1 Å². The number of benzene rings is 1. The maximum Gasteiger partial charge on any atom is 0.511 e. The number of alkyl halides is 17. The van der Waals surface area contributed by atoms with Gasteiger partial charge in [-0.1, -0.05) is 0 Å². The van der Waals surface area contributed by atoms with Gasteiger partial charge < -0.3 is 9.47 Å². The molecule has 2 aromatic rings. The second kappa shape index (κ2) is 12.7. The standard InChI is InChI=1S/C23H17F17N3O5/c1-41-6-7-42(11-41)15(44)48-10-12-9-13(3-4-14(12)43(45)46)47-8-2-5-16(24,25)17(26,27)18(28,29)19(30,31)20(32,33)21(34,35)22(36,37)23(38,39)40/h3-4,6-7,9,11H,2,5,8,10H2,1H3/q+1. The van der Waals surface area contributed by atoms with Gasteiger partial charge in [-0.25, -0.2) is 4.57 Å². The van der Waals surface area contributed by atoms with Crippen LogP contribution in [-0.4, -0.2) is 69.8 Å². The van der Waals surface area contributed by atoms with Crippen LogP contribution in [0.4, 0.5) is 85.1 Å². The number of carbonyl (C=O) groups excluding carboxylic acids is 1. The minimum Gasteiger partial charge on any atom is -0.494 e. The van der Waals surface area contributed by atoms with Crippen molar-refractivity contribution in [2.24, 2.45) is 7.05 Å². The number of nitro benzene ring substituents is 1. The molecule has 0 amide bonds. The van der Waals surface area contributed by atoms with Gasteiger partial charge in [0.2, 0.25) is 0 Å². The van der Waals surface area contributed by atoms with Crippen molar-refractivity contribution in [2.45, 2.75) is 67.1 Å². The van der Waals surface area contributed by atoms with E-state index in [-0.39, 0.29) is 0 Å². The summed E-state index contributed by atoms with van der Waals surface area (Å²) in [4.78, 5) is 22.3. The average Bonchev–Trinajstić information content (AvgIpc) is 3.39. The summed E-state index contributed by atoms with van der Waals surface area (Å²) in [5.74, 6) is -57.5. The number of nitrogens with zero attached hydrogens (tertiary/aromatic N) is 3. The number of halogens is 17. The first kappa shape index (κ1) is 40.1. The maximum atomic E-state index is 14.1. The van der Waals surface area contributed by atoms with Crippen LogP contribution in [0.25, 0.3) is 0 Å². The summed E-state index contributed by atoms with van der Waals surface area (Å²) in [5, 5.41) is 11.2. The van der Waals surface area contributed by atoms with Crippen molar-refractivity contribution in [1.29, 1.82) is 0 Å². The third-order valence-corrected chi connectivity index (χ3v) is 6.27. The van der Waals surface area contributed by atoms with Crippen LogP contribution >= 0.6 is 0 Å². The molecule has 1 aromatic heterocycles. The Morgan fingerprint density at radius 3 is 1.77 bits per heavy atom. The molecule has 0 spiro atoms. The smallest absolute Gasteiger partial charge is 0.494 e. The van der Waals surface area contributed by atoms with Gasteiger partial charge in [-0.2, -0.15) is 79.4 Å². The van der Waals surface area contributed by atoms with Crippen LogP contribution in [-0.2, 0) is 18.4 Å². The zero-order chi connectivity index (χ0) is 37.5. The number of hydrogen-bond acceptors (Lipinski definition) is 5. The maximum absolute atomic E-state index is 14.1. The molecule has 0 saturated carbocycles. The molecule has 0 bridgehead atoms. The predicted octanol–water partition coefficient (Wildman–Crippen LogP) is 7.57. The highest BCUT2D eigenvalue weighted by molar-refractivity contribution is 5.69. The second-order valence-corrected chi connectivity index (χ2v) is 9.69. The van der Waals surface area contributed by atoms with Gasteiger partial charge >= 0.3 is 53.7 Å². The van der Waals surface area contributed by atoms with Gasteiger partial charge in [-0.05, 0) is 18.6 Å². The van der Waals surface area contributed by atoms with Crippen molar-refractivity contribution in [3.05, 3.63) is 52.6 Å². The summed E-state index contributed by atoms with van der Waals surface area (Å²) < 4.78 is 239. The molecule has 2 rings (SSSR count). The lowest BCUT2D eigenvalue weighted by molar-refractivity contribution is -0.670. The number of ether oxygens (including phenoxy) is 2. The third-order valence-electron chi connectivity index (χ3n) is 6.27. The molecular weight excluding hydrogens is 721 g/mol. The van der Waals surface area contributed by atoms with Gasteiger partial charge in [0.1, 0.15) is 24.8 Å². The average molecular weight is 738 g/mol. The molecule has 0 fully saturated rings. The number of nitro groups is 1. The van der Waals surface area contributed by atoms with E-state index in [1.165, 1.54) is 30.3 Å². The second-order valence-electron chi connectivity index (χ2n) is 9.69. The highest BCUT2D eigenvalue weighted by atomic mass is 19.4. The van der Waals surface area contributed by atoms with Gasteiger partial charge in [0.25, 0.3) is 12.0 Å².